The fourth-order valence-electron chi connectivity index (χ4n) is 2.76. The number of nitrogens with zero attached hydrogens (tertiary/aromatic N) is 2. The molecule has 0 saturated carbocycles. The first-order valence-electron chi connectivity index (χ1n) is 12.5. The van der Waals surface area contributed by atoms with Gasteiger partial charge < -0.3 is 0 Å². The van der Waals surface area contributed by atoms with Crippen LogP contribution in [0.3, 0.4) is 0 Å². The van der Waals surface area contributed by atoms with E-state index in [1.807, 2.05) is 10.1 Å². The van der Waals surface area contributed by atoms with Gasteiger partial charge in [-0.3, -0.25) is 9.68 Å². The molecule has 0 aromatic heterocycles. The van der Waals surface area contributed by atoms with E-state index in [0.29, 0.717) is 13.2 Å². The first-order valence-corrected chi connectivity index (χ1v) is 12.5. The molecule has 0 radical (unpaired) electrons. The molecule has 4 nitrogen and oxygen atoms in total. The van der Waals surface area contributed by atoms with Crippen molar-refractivity contribution in [1.82, 2.24) is 10.1 Å². The minimum atomic E-state index is 0.697. The second kappa shape index (κ2) is 23.0. The van der Waals surface area contributed by atoms with E-state index in [-0.39, 0.29) is 0 Å². The summed E-state index contributed by atoms with van der Waals surface area (Å²) in [5.74, 6) is 0. The van der Waals surface area contributed by atoms with Crippen molar-refractivity contribution in [2.24, 2.45) is 0 Å². The molecule has 0 amide bonds. The molecule has 32 heavy (non-hydrogen) atoms. The van der Waals surface area contributed by atoms with Crippen LogP contribution in [0.4, 0.5) is 0 Å². The summed E-state index contributed by atoms with van der Waals surface area (Å²) in [6, 6.07) is 0. The average molecular weight is 451 g/mol. The van der Waals surface area contributed by atoms with Gasteiger partial charge in [-0.15, -0.1) is 0 Å². The van der Waals surface area contributed by atoms with E-state index in [4.69, 9.17) is 9.68 Å². The standard InChI is InChI=1S/2C14H27NO/c2*1-6-15(7-2)16-12-11-14(5)10-8-9-13(3)4/h2*9,11H,6-8,10,12H2,1-5H3. The van der Waals surface area contributed by atoms with Crippen molar-refractivity contribution in [2.75, 3.05) is 39.4 Å². The molecule has 0 heterocycles. The van der Waals surface area contributed by atoms with Crippen LogP contribution < -0.4 is 0 Å². The second-order valence-electron chi connectivity index (χ2n) is 8.56. The van der Waals surface area contributed by atoms with Gasteiger partial charge in [-0.1, -0.05) is 74.3 Å². The van der Waals surface area contributed by atoms with Crippen LogP contribution in [0.1, 0.15) is 94.9 Å². The molecule has 188 valence electrons. The van der Waals surface area contributed by atoms with Gasteiger partial charge in [0.25, 0.3) is 0 Å². The van der Waals surface area contributed by atoms with Crippen molar-refractivity contribution < 1.29 is 9.68 Å². The van der Waals surface area contributed by atoms with Crippen molar-refractivity contribution >= 4 is 0 Å². The van der Waals surface area contributed by atoms with Gasteiger partial charge in [-0.2, -0.15) is 10.1 Å². The van der Waals surface area contributed by atoms with Gasteiger partial charge >= 0.3 is 0 Å². The Bertz CT molecular complexity index is 496. The minimum Gasteiger partial charge on any atom is -0.295 e. The number of rotatable bonds is 16. The largest absolute Gasteiger partial charge is 0.295 e. The quantitative estimate of drug-likeness (QED) is 0.176. The fraction of sp³-hybridized carbons (Fsp3) is 0.714. The molecule has 0 aromatic rings. The third kappa shape index (κ3) is 23.5. The number of hydroxylamine groups is 4. The molecule has 0 aliphatic rings. The van der Waals surface area contributed by atoms with E-state index in [1.54, 1.807) is 0 Å². The van der Waals surface area contributed by atoms with Crippen LogP contribution in [0.5, 0.6) is 0 Å². The highest BCUT2D eigenvalue weighted by Gasteiger charge is 1.97. The molecular weight excluding hydrogens is 396 g/mol. The van der Waals surface area contributed by atoms with E-state index >= 15 is 0 Å². The monoisotopic (exact) mass is 450 g/mol. The van der Waals surface area contributed by atoms with Gasteiger partial charge in [-0.25, -0.2) is 0 Å². The predicted octanol–water partition coefficient (Wildman–Crippen LogP) is 7.91. The number of hydrogen-bond donors (Lipinski definition) is 0. The lowest BCUT2D eigenvalue weighted by Crippen LogP contribution is -2.23. The summed E-state index contributed by atoms with van der Waals surface area (Å²) in [6.45, 7) is 26.5. The van der Waals surface area contributed by atoms with E-state index in [9.17, 15) is 0 Å². The summed E-state index contributed by atoms with van der Waals surface area (Å²) in [4.78, 5) is 11.2. The molecular formula is C28H54N2O2. The Morgan fingerprint density at radius 1 is 0.531 bits per heavy atom. The van der Waals surface area contributed by atoms with E-state index < -0.39 is 0 Å². The Kier molecular flexibility index (Phi) is 23.7. The number of hydrogen-bond acceptors (Lipinski definition) is 4. The van der Waals surface area contributed by atoms with Crippen molar-refractivity contribution in [3.8, 4) is 0 Å². The van der Waals surface area contributed by atoms with E-state index in [1.165, 1.54) is 22.3 Å². The Morgan fingerprint density at radius 2 is 0.844 bits per heavy atom. The molecule has 0 rings (SSSR count). The molecule has 0 N–H and O–H groups in total. The molecule has 0 spiro atoms. The lowest BCUT2D eigenvalue weighted by Gasteiger charge is -2.16. The zero-order valence-corrected chi connectivity index (χ0v) is 23.1. The van der Waals surface area contributed by atoms with Crippen LogP contribution in [-0.2, 0) is 9.68 Å². The smallest absolute Gasteiger partial charge is 0.0869 e. The van der Waals surface area contributed by atoms with Crippen molar-refractivity contribution in [3.63, 3.8) is 0 Å². The van der Waals surface area contributed by atoms with Gasteiger partial charge in [0, 0.05) is 26.2 Å². The summed E-state index contributed by atoms with van der Waals surface area (Å²) < 4.78 is 0. The minimum absolute atomic E-state index is 0.697. The summed E-state index contributed by atoms with van der Waals surface area (Å²) in [7, 11) is 0. The van der Waals surface area contributed by atoms with Gasteiger partial charge in [0.1, 0.15) is 0 Å². The van der Waals surface area contributed by atoms with E-state index in [2.05, 4.69) is 93.5 Å². The zero-order valence-electron chi connectivity index (χ0n) is 23.1. The molecule has 0 bridgehead atoms. The SMILES string of the molecule is CCN(CC)OCC=C(C)CCC=C(C)C.CCN(CC)OCC=C(C)CCC=C(C)C. The topological polar surface area (TPSA) is 24.9 Å². The molecule has 0 aliphatic heterocycles. The third-order valence-electron chi connectivity index (χ3n) is 4.97. The lowest BCUT2D eigenvalue weighted by molar-refractivity contribution is -0.141. The maximum absolute atomic E-state index is 5.58. The summed E-state index contributed by atoms with van der Waals surface area (Å²) in [6.07, 6.45) is 13.4. The van der Waals surface area contributed by atoms with Crippen LogP contribution in [-0.4, -0.2) is 49.5 Å². The van der Waals surface area contributed by atoms with Crippen LogP contribution in [0.25, 0.3) is 0 Å². The highest BCUT2D eigenvalue weighted by molar-refractivity contribution is 5.03. The first-order chi connectivity index (χ1) is 15.2. The molecule has 0 aromatic carbocycles. The van der Waals surface area contributed by atoms with Crippen molar-refractivity contribution in [1.29, 1.82) is 0 Å². The maximum Gasteiger partial charge on any atom is 0.0869 e. The Balaban J connectivity index is 0. The Morgan fingerprint density at radius 3 is 1.09 bits per heavy atom. The first kappa shape index (κ1) is 33.0. The maximum atomic E-state index is 5.58. The summed E-state index contributed by atoms with van der Waals surface area (Å²) >= 11 is 0. The van der Waals surface area contributed by atoms with Crippen LogP contribution in [0.15, 0.2) is 46.6 Å². The Labute approximate surface area is 200 Å². The van der Waals surface area contributed by atoms with Crippen LogP contribution in [0.2, 0.25) is 0 Å². The molecule has 0 saturated heterocycles. The van der Waals surface area contributed by atoms with E-state index in [0.717, 1.165) is 51.9 Å². The van der Waals surface area contributed by atoms with Gasteiger partial charge in [0.2, 0.25) is 0 Å². The molecule has 0 atom stereocenters. The second-order valence-corrected chi connectivity index (χ2v) is 8.56. The van der Waals surface area contributed by atoms with Crippen molar-refractivity contribution in [2.45, 2.75) is 94.9 Å². The Hall–Kier alpha value is -1.20. The lowest BCUT2D eigenvalue weighted by atomic mass is 10.1. The highest BCUT2D eigenvalue weighted by Crippen LogP contribution is 2.07. The fourth-order valence-corrected chi connectivity index (χ4v) is 2.76. The van der Waals surface area contributed by atoms with Gasteiger partial charge in [0.15, 0.2) is 0 Å². The van der Waals surface area contributed by atoms with Crippen molar-refractivity contribution in [3.05, 3.63) is 46.6 Å². The molecule has 0 unspecified atom stereocenters. The molecule has 0 aliphatic carbocycles. The molecule has 4 heteroatoms. The number of allylic oxidation sites excluding steroid dienone is 6. The summed E-state index contributed by atoms with van der Waals surface area (Å²) in [5.41, 5.74) is 5.61. The highest BCUT2D eigenvalue weighted by atomic mass is 16.7. The van der Waals surface area contributed by atoms with Gasteiger partial charge in [0.05, 0.1) is 13.2 Å². The molecule has 0 fully saturated rings. The normalized spacial score (nSPS) is 12.0. The third-order valence-corrected chi connectivity index (χ3v) is 4.97. The summed E-state index contributed by atoms with van der Waals surface area (Å²) in [5, 5.41) is 3.94. The van der Waals surface area contributed by atoms with Gasteiger partial charge in [-0.05, 0) is 67.2 Å². The van der Waals surface area contributed by atoms with Crippen LogP contribution in [0, 0.1) is 0 Å². The average Bonchev–Trinajstić information content (AvgIpc) is 2.74. The van der Waals surface area contributed by atoms with Crippen LogP contribution >= 0.6 is 0 Å². The zero-order chi connectivity index (χ0) is 24.8. The predicted molar refractivity (Wildman–Crippen MR) is 143 cm³/mol.